The Morgan fingerprint density at radius 3 is 2.32 bits per heavy atom. The third-order valence-corrected chi connectivity index (χ3v) is 4.50. The van der Waals surface area contributed by atoms with Crippen LogP contribution >= 0.6 is 0 Å². The van der Waals surface area contributed by atoms with Crippen LogP contribution in [0, 0.1) is 0 Å². The molecule has 7 heteroatoms. The van der Waals surface area contributed by atoms with E-state index in [-0.39, 0.29) is 25.0 Å². The Labute approximate surface area is 164 Å². The van der Waals surface area contributed by atoms with Gasteiger partial charge in [-0.05, 0) is 49.2 Å². The van der Waals surface area contributed by atoms with Crippen molar-refractivity contribution in [2.45, 2.75) is 12.8 Å². The second-order valence-corrected chi connectivity index (χ2v) is 6.51. The van der Waals surface area contributed by atoms with Crippen molar-refractivity contribution in [3.63, 3.8) is 0 Å². The summed E-state index contributed by atoms with van der Waals surface area (Å²) in [6, 6.07) is 14.8. The molecule has 28 heavy (non-hydrogen) atoms. The molecule has 0 bridgehead atoms. The zero-order chi connectivity index (χ0) is 19.8. The van der Waals surface area contributed by atoms with Gasteiger partial charge in [0, 0.05) is 24.5 Å². The highest BCUT2D eigenvalue weighted by atomic mass is 16.5. The number of rotatable bonds is 8. The van der Waals surface area contributed by atoms with Crippen molar-refractivity contribution >= 4 is 23.2 Å². The van der Waals surface area contributed by atoms with Crippen LogP contribution in [0.1, 0.15) is 12.8 Å². The van der Waals surface area contributed by atoms with E-state index in [0.717, 1.165) is 18.8 Å². The predicted octanol–water partition coefficient (Wildman–Crippen LogP) is 2.43. The number of nitrogens with one attached hydrogen (secondary N) is 2. The van der Waals surface area contributed by atoms with Crippen molar-refractivity contribution in [1.29, 1.82) is 0 Å². The average Bonchev–Trinajstić information content (AvgIpc) is 3.26. The molecular formula is C21H25N3O4. The van der Waals surface area contributed by atoms with E-state index in [9.17, 15) is 9.59 Å². The summed E-state index contributed by atoms with van der Waals surface area (Å²) in [6.45, 7) is 1.84. The highest BCUT2D eigenvalue weighted by Gasteiger charge is 2.12. The Hall–Kier alpha value is -3.22. The molecule has 1 fully saturated rings. The number of ether oxygens (including phenoxy) is 2. The number of methoxy groups -OCH3 is 1. The van der Waals surface area contributed by atoms with Gasteiger partial charge in [0.05, 0.1) is 13.7 Å². The third kappa shape index (κ3) is 5.39. The fourth-order valence-corrected chi connectivity index (χ4v) is 3.05. The fourth-order valence-electron chi connectivity index (χ4n) is 3.05. The molecular weight excluding hydrogens is 358 g/mol. The average molecular weight is 383 g/mol. The van der Waals surface area contributed by atoms with E-state index in [0.29, 0.717) is 17.2 Å². The van der Waals surface area contributed by atoms with Gasteiger partial charge in [-0.3, -0.25) is 9.59 Å². The summed E-state index contributed by atoms with van der Waals surface area (Å²) < 4.78 is 10.6. The second kappa shape index (κ2) is 9.64. The number of hydrogen-bond donors (Lipinski definition) is 2. The van der Waals surface area contributed by atoms with Crippen LogP contribution in [0.15, 0.2) is 48.5 Å². The van der Waals surface area contributed by atoms with Crippen LogP contribution in [0.2, 0.25) is 0 Å². The van der Waals surface area contributed by atoms with Crippen molar-refractivity contribution in [3.05, 3.63) is 48.5 Å². The number of amides is 2. The van der Waals surface area contributed by atoms with Crippen LogP contribution in [-0.2, 0) is 9.59 Å². The zero-order valence-electron chi connectivity index (χ0n) is 15.9. The van der Waals surface area contributed by atoms with Crippen LogP contribution in [0.25, 0.3) is 0 Å². The van der Waals surface area contributed by atoms with Crippen molar-refractivity contribution in [3.8, 4) is 11.5 Å². The standard InChI is InChI=1S/C21H25N3O4/c1-27-18-6-2-3-7-19(18)28-15-21(26)22-14-20(25)23-16-8-10-17(11-9-16)24-12-4-5-13-24/h2-3,6-11H,4-5,12-15H2,1H3,(H,22,26)(H,23,25). The van der Waals surface area contributed by atoms with Crippen LogP contribution in [0.4, 0.5) is 11.4 Å². The minimum absolute atomic E-state index is 0.123. The predicted molar refractivity (Wildman–Crippen MR) is 108 cm³/mol. The summed E-state index contributed by atoms with van der Waals surface area (Å²) >= 11 is 0. The molecule has 0 unspecified atom stereocenters. The number of hydrogen-bond acceptors (Lipinski definition) is 5. The minimum atomic E-state index is -0.384. The molecule has 148 valence electrons. The monoisotopic (exact) mass is 383 g/mol. The van der Waals surface area contributed by atoms with E-state index in [4.69, 9.17) is 9.47 Å². The lowest BCUT2D eigenvalue weighted by atomic mass is 10.2. The molecule has 7 nitrogen and oxygen atoms in total. The molecule has 1 saturated heterocycles. The first-order chi connectivity index (χ1) is 13.7. The maximum Gasteiger partial charge on any atom is 0.258 e. The van der Waals surface area contributed by atoms with E-state index in [2.05, 4.69) is 15.5 Å². The quantitative estimate of drug-likeness (QED) is 0.732. The molecule has 0 aliphatic carbocycles. The van der Waals surface area contributed by atoms with Crippen molar-refractivity contribution in [2.24, 2.45) is 0 Å². The van der Waals surface area contributed by atoms with Crippen LogP contribution in [0.3, 0.4) is 0 Å². The largest absolute Gasteiger partial charge is 0.493 e. The van der Waals surface area contributed by atoms with E-state index in [1.165, 1.54) is 20.0 Å². The molecule has 2 aromatic rings. The summed E-state index contributed by atoms with van der Waals surface area (Å²) in [6.07, 6.45) is 2.44. The molecule has 1 aliphatic rings. The van der Waals surface area contributed by atoms with Crippen molar-refractivity contribution in [1.82, 2.24) is 5.32 Å². The maximum absolute atomic E-state index is 12.0. The van der Waals surface area contributed by atoms with Gasteiger partial charge in [-0.2, -0.15) is 0 Å². The lowest BCUT2D eigenvalue weighted by Crippen LogP contribution is -2.35. The Kier molecular flexibility index (Phi) is 6.73. The first-order valence-electron chi connectivity index (χ1n) is 9.33. The highest BCUT2D eigenvalue weighted by molar-refractivity contribution is 5.94. The molecule has 1 aliphatic heterocycles. The Balaban J connectivity index is 1.40. The number of carbonyl (C=O) groups is 2. The van der Waals surface area contributed by atoms with Gasteiger partial charge in [-0.15, -0.1) is 0 Å². The Morgan fingerprint density at radius 2 is 1.64 bits per heavy atom. The normalized spacial score (nSPS) is 13.1. The Morgan fingerprint density at radius 1 is 0.964 bits per heavy atom. The van der Waals surface area contributed by atoms with Gasteiger partial charge in [0.15, 0.2) is 18.1 Å². The molecule has 1 heterocycles. The number of para-hydroxylation sites is 2. The first kappa shape index (κ1) is 19.5. The summed E-state index contributed by atoms with van der Waals surface area (Å²) in [5.41, 5.74) is 1.87. The van der Waals surface area contributed by atoms with Gasteiger partial charge in [0.2, 0.25) is 5.91 Å². The molecule has 0 saturated carbocycles. The summed E-state index contributed by atoms with van der Waals surface area (Å²) in [5.74, 6) is 0.345. The molecule has 0 aromatic heterocycles. The highest BCUT2D eigenvalue weighted by Crippen LogP contribution is 2.25. The van der Waals surface area contributed by atoms with Gasteiger partial charge in [-0.1, -0.05) is 12.1 Å². The lowest BCUT2D eigenvalue weighted by Gasteiger charge is -2.17. The SMILES string of the molecule is COc1ccccc1OCC(=O)NCC(=O)Nc1ccc(N2CCCC2)cc1. The number of anilines is 2. The number of carbonyl (C=O) groups excluding carboxylic acids is 2. The lowest BCUT2D eigenvalue weighted by molar-refractivity contribution is -0.125. The second-order valence-electron chi connectivity index (χ2n) is 6.51. The van der Waals surface area contributed by atoms with Crippen LogP contribution < -0.4 is 25.0 Å². The molecule has 2 amide bonds. The van der Waals surface area contributed by atoms with E-state index in [1.807, 2.05) is 30.3 Å². The topological polar surface area (TPSA) is 79.9 Å². The van der Waals surface area contributed by atoms with E-state index in [1.54, 1.807) is 18.2 Å². The van der Waals surface area contributed by atoms with Gasteiger partial charge >= 0.3 is 0 Å². The summed E-state index contributed by atoms with van der Waals surface area (Å²) in [4.78, 5) is 26.3. The summed E-state index contributed by atoms with van der Waals surface area (Å²) in [5, 5.41) is 5.32. The third-order valence-electron chi connectivity index (χ3n) is 4.50. The fraction of sp³-hybridized carbons (Fsp3) is 0.333. The molecule has 0 atom stereocenters. The molecule has 2 aromatic carbocycles. The Bertz CT molecular complexity index is 802. The first-order valence-corrected chi connectivity index (χ1v) is 9.33. The molecule has 0 radical (unpaired) electrons. The molecule has 0 spiro atoms. The van der Waals surface area contributed by atoms with Gasteiger partial charge in [0.1, 0.15) is 0 Å². The molecule has 2 N–H and O–H groups in total. The number of benzene rings is 2. The number of nitrogens with zero attached hydrogens (tertiary/aromatic N) is 1. The van der Waals surface area contributed by atoms with Gasteiger partial charge < -0.3 is 25.0 Å². The minimum Gasteiger partial charge on any atom is -0.493 e. The zero-order valence-corrected chi connectivity index (χ0v) is 15.9. The van der Waals surface area contributed by atoms with Crippen molar-refractivity contribution in [2.75, 3.05) is 43.6 Å². The van der Waals surface area contributed by atoms with E-state index < -0.39 is 0 Å². The summed E-state index contributed by atoms with van der Waals surface area (Å²) in [7, 11) is 1.53. The smallest absolute Gasteiger partial charge is 0.258 e. The van der Waals surface area contributed by atoms with E-state index >= 15 is 0 Å². The van der Waals surface area contributed by atoms with Crippen LogP contribution in [0.5, 0.6) is 11.5 Å². The maximum atomic E-state index is 12.0. The van der Waals surface area contributed by atoms with Crippen molar-refractivity contribution < 1.29 is 19.1 Å². The van der Waals surface area contributed by atoms with Crippen LogP contribution in [-0.4, -0.2) is 45.2 Å². The van der Waals surface area contributed by atoms with Gasteiger partial charge in [-0.25, -0.2) is 0 Å². The molecule has 3 rings (SSSR count). The van der Waals surface area contributed by atoms with Gasteiger partial charge in [0.25, 0.3) is 5.91 Å².